The number of hydrogen-bond acceptors (Lipinski definition) is 1. The first-order valence-electron chi connectivity index (χ1n) is 6.64. The van der Waals surface area contributed by atoms with Gasteiger partial charge in [0.05, 0.1) is 0 Å². The summed E-state index contributed by atoms with van der Waals surface area (Å²) in [6.45, 7) is 0.939. The monoisotopic (exact) mass is 350 g/mol. The Labute approximate surface area is 131 Å². The molecule has 2 N–H and O–H groups in total. The van der Waals surface area contributed by atoms with Crippen LogP contribution in [-0.2, 0) is 13.0 Å². The van der Waals surface area contributed by atoms with Gasteiger partial charge in [-0.05, 0) is 41.8 Å². The number of carbonyl (C=O) groups excluding carboxylic acids is 1. The summed E-state index contributed by atoms with van der Waals surface area (Å²) in [5.41, 5.74) is 1.89. The zero-order valence-electron chi connectivity index (χ0n) is 11.4. The van der Waals surface area contributed by atoms with Crippen LogP contribution >= 0.6 is 15.9 Å². The number of halogens is 2. The first-order valence-corrected chi connectivity index (χ1v) is 7.43. The maximum Gasteiger partial charge on any atom is 0.315 e. The highest BCUT2D eigenvalue weighted by Crippen LogP contribution is 2.10. The van der Waals surface area contributed by atoms with E-state index in [9.17, 15) is 9.18 Å². The molecule has 2 aromatic carbocycles. The summed E-state index contributed by atoms with van der Waals surface area (Å²) < 4.78 is 14.0. The van der Waals surface area contributed by atoms with Crippen molar-refractivity contribution >= 4 is 22.0 Å². The van der Waals surface area contributed by atoms with E-state index in [1.807, 2.05) is 30.3 Å². The van der Waals surface area contributed by atoms with Crippen molar-refractivity contribution in [2.45, 2.75) is 13.0 Å². The predicted molar refractivity (Wildman–Crippen MR) is 84.5 cm³/mol. The zero-order valence-corrected chi connectivity index (χ0v) is 13.0. The maximum absolute atomic E-state index is 13.0. The van der Waals surface area contributed by atoms with Crippen LogP contribution in [0.15, 0.2) is 53.0 Å². The summed E-state index contributed by atoms with van der Waals surface area (Å²) in [5, 5.41) is 5.53. The van der Waals surface area contributed by atoms with Crippen molar-refractivity contribution < 1.29 is 9.18 Å². The molecule has 0 bridgehead atoms. The number of benzene rings is 2. The molecular weight excluding hydrogens is 335 g/mol. The van der Waals surface area contributed by atoms with Gasteiger partial charge < -0.3 is 10.6 Å². The van der Waals surface area contributed by atoms with Gasteiger partial charge in [-0.25, -0.2) is 9.18 Å². The van der Waals surface area contributed by atoms with Crippen LogP contribution in [0.2, 0.25) is 0 Å². The number of urea groups is 1. The number of rotatable bonds is 5. The number of amides is 2. The molecule has 0 saturated heterocycles. The quantitative estimate of drug-likeness (QED) is 0.849. The third kappa shape index (κ3) is 5.55. The molecule has 2 amide bonds. The van der Waals surface area contributed by atoms with Gasteiger partial charge in [-0.1, -0.05) is 40.2 Å². The fourth-order valence-corrected chi connectivity index (χ4v) is 2.12. The molecule has 0 aromatic heterocycles. The Kier molecular flexibility index (Phi) is 5.75. The standard InChI is InChI=1S/C16H16BrFN2O/c17-14-6-4-13(5-7-14)11-20-16(21)19-9-8-12-2-1-3-15(18)10-12/h1-7,10H,8-9,11H2,(H2,19,20,21). The lowest BCUT2D eigenvalue weighted by atomic mass is 10.1. The van der Waals surface area contributed by atoms with E-state index in [1.165, 1.54) is 12.1 Å². The van der Waals surface area contributed by atoms with Gasteiger partial charge in [0, 0.05) is 17.6 Å². The average Bonchev–Trinajstić information content (AvgIpc) is 2.47. The molecule has 21 heavy (non-hydrogen) atoms. The summed E-state index contributed by atoms with van der Waals surface area (Å²) in [7, 11) is 0. The van der Waals surface area contributed by atoms with Gasteiger partial charge in [-0.3, -0.25) is 0 Å². The van der Waals surface area contributed by atoms with Crippen molar-refractivity contribution in [2.75, 3.05) is 6.54 Å². The average molecular weight is 351 g/mol. The summed E-state index contributed by atoms with van der Waals surface area (Å²) in [6.07, 6.45) is 0.601. The van der Waals surface area contributed by atoms with Crippen LogP contribution in [0.5, 0.6) is 0 Å². The minimum atomic E-state index is -0.257. The topological polar surface area (TPSA) is 41.1 Å². The van der Waals surface area contributed by atoms with E-state index in [4.69, 9.17) is 0 Å². The van der Waals surface area contributed by atoms with E-state index in [0.29, 0.717) is 19.5 Å². The third-order valence-corrected chi connectivity index (χ3v) is 3.48. The Hall–Kier alpha value is -1.88. The van der Waals surface area contributed by atoms with Gasteiger partial charge in [0.2, 0.25) is 0 Å². The van der Waals surface area contributed by atoms with E-state index in [0.717, 1.165) is 15.6 Å². The van der Waals surface area contributed by atoms with Crippen molar-refractivity contribution in [3.63, 3.8) is 0 Å². The smallest absolute Gasteiger partial charge is 0.315 e. The molecule has 110 valence electrons. The molecule has 0 aliphatic rings. The van der Waals surface area contributed by atoms with E-state index >= 15 is 0 Å². The number of carbonyl (C=O) groups is 1. The highest BCUT2D eigenvalue weighted by molar-refractivity contribution is 9.10. The molecule has 0 fully saturated rings. The molecule has 0 unspecified atom stereocenters. The van der Waals surface area contributed by atoms with Crippen molar-refractivity contribution in [2.24, 2.45) is 0 Å². The molecule has 0 heterocycles. The Morgan fingerprint density at radius 1 is 1.05 bits per heavy atom. The second kappa shape index (κ2) is 7.78. The molecule has 0 aliphatic carbocycles. The van der Waals surface area contributed by atoms with Crippen LogP contribution in [0, 0.1) is 5.82 Å². The van der Waals surface area contributed by atoms with E-state index in [2.05, 4.69) is 26.6 Å². The molecule has 0 atom stereocenters. The molecule has 0 spiro atoms. The summed E-state index contributed by atoms with van der Waals surface area (Å²) in [6, 6.07) is 13.9. The maximum atomic E-state index is 13.0. The predicted octanol–water partition coefficient (Wildman–Crippen LogP) is 3.63. The fourth-order valence-electron chi connectivity index (χ4n) is 1.86. The Morgan fingerprint density at radius 2 is 1.81 bits per heavy atom. The van der Waals surface area contributed by atoms with Gasteiger partial charge in [0.1, 0.15) is 5.82 Å². The zero-order chi connectivity index (χ0) is 15.1. The number of nitrogens with one attached hydrogen (secondary N) is 2. The Bertz CT molecular complexity index is 601. The van der Waals surface area contributed by atoms with Gasteiger partial charge in [-0.15, -0.1) is 0 Å². The van der Waals surface area contributed by atoms with Crippen molar-refractivity contribution in [1.82, 2.24) is 10.6 Å². The Morgan fingerprint density at radius 3 is 2.52 bits per heavy atom. The van der Waals surface area contributed by atoms with Crippen LogP contribution in [0.1, 0.15) is 11.1 Å². The van der Waals surface area contributed by atoms with Crippen LogP contribution in [0.4, 0.5) is 9.18 Å². The molecule has 2 rings (SSSR count). The van der Waals surface area contributed by atoms with Crippen LogP contribution in [0.3, 0.4) is 0 Å². The van der Waals surface area contributed by atoms with Gasteiger partial charge in [-0.2, -0.15) is 0 Å². The van der Waals surface area contributed by atoms with Crippen molar-refractivity contribution in [3.8, 4) is 0 Å². The minimum Gasteiger partial charge on any atom is -0.338 e. The lowest BCUT2D eigenvalue weighted by Crippen LogP contribution is -2.36. The molecule has 3 nitrogen and oxygen atoms in total. The van der Waals surface area contributed by atoms with E-state index in [1.54, 1.807) is 6.07 Å². The first-order chi connectivity index (χ1) is 10.1. The second-order valence-corrected chi connectivity index (χ2v) is 5.53. The van der Waals surface area contributed by atoms with E-state index in [-0.39, 0.29) is 11.8 Å². The largest absolute Gasteiger partial charge is 0.338 e. The summed E-state index contributed by atoms with van der Waals surface area (Å²) in [5.74, 6) is -0.257. The van der Waals surface area contributed by atoms with Crippen LogP contribution < -0.4 is 10.6 Å². The van der Waals surface area contributed by atoms with Gasteiger partial charge in [0.25, 0.3) is 0 Å². The van der Waals surface area contributed by atoms with E-state index < -0.39 is 0 Å². The number of hydrogen-bond donors (Lipinski definition) is 2. The minimum absolute atomic E-state index is 0.227. The second-order valence-electron chi connectivity index (χ2n) is 4.62. The first kappa shape index (κ1) is 15.5. The Balaban J connectivity index is 1.69. The lowest BCUT2D eigenvalue weighted by Gasteiger charge is -2.08. The van der Waals surface area contributed by atoms with Gasteiger partial charge >= 0.3 is 6.03 Å². The normalized spacial score (nSPS) is 10.2. The third-order valence-electron chi connectivity index (χ3n) is 2.95. The highest BCUT2D eigenvalue weighted by Gasteiger charge is 2.01. The van der Waals surface area contributed by atoms with Crippen molar-refractivity contribution in [3.05, 3.63) is 69.9 Å². The van der Waals surface area contributed by atoms with Crippen LogP contribution in [0.25, 0.3) is 0 Å². The molecule has 0 radical (unpaired) electrons. The molecular formula is C16H16BrFN2O. The molecule has 0 aliphatic heterocycles. The summed E-state index contributed by atoms with van der Waals surface area (Å²) in [4.78, 5) is 11.6. The molecule has 2 aromatic rings. The van der Waals surface area contributed by atoms with Crippen LogP contribution in [-0.4, -0.2) is 12.6 Å². The van der Waals surface area contributed by atoms with Gasteiger partial charge in [0.15, 0.2) is 0 Å². The van der Waals surface area contributed by atoms with Crippen molar-refractivity contribution in [1.29, 1.82) is 0 Å². The highest BCUT2D eigenvalue weighted by atomic mass is 79.9. The lowest BCUT2D eigenvalue weighted by molar-refractivity contribution is 0.240. The fraction of sp³-hybridized carbons (Fsp3) is 0.188. The summed E-state index contributed by atoms with van der Waals surface area (Å²) >= 11 is 3.36. The SMILES string of the molecule is O=C(NCCc1cccc(F)c1)NCc1ccc(Br)cc1. The molecule has 0 saturated carbocycles. The molecule has 5 heteroatoms.